The van der Waals surface area contributed by atoms with Gasteiger partial charge in [-0.2, -0.15) is 0 Å². The van der Waals surface area contributed by atoms with Crippen LogP contribution in [0.3, 0.4) is 0 Å². The second-order valence-corrected chi connectivity index (χ2v) is 4.38. The van der Waals surface area contributed by atoms with Crippen molar-refractivity contribution in [2.45, 2.75) is 13.3 Å². The number of ether oxygens (including phenoxy) is 1. The lowest BCUT2D eigenvalue weighted by molar-refractivity contribution is -0.141. The standard InChI is InChI=1S/C11H13BrO4/c1-6(11(14)15)5-7-8(12)3-4-9(13)10(7)16-2/h3-4,6,13H,5H2,1-2H3,(H,14,15). The van der Waals surface area contributed by atoms with E-state index in [0.29, 0.717) is 17.7 Å². The molecule has 88 valence electrons. The van der Waals surface area contributed by atoms with Gasteiger partial charge < -0.3 is 14.9 Å². The number of phenolic OH excluding ortho intramolecular Hbond substituents is 1. The molecule has 1 unspecified atom stereocenters. The minimum atomic E-state index is -0.878. The summed E-state index contributed by atoms with van der Waals surface area (Å²) in [5, 5.41) is 18.4. The van der Waals surface area contributed by atoms with Crippen LogP contribution < -0.4 is 4.74 Å². The molecule has 0 saturated heterocycles. The molecule has 4 nitrogen and oxygen atoms in total. The number of phenols is 1. The summed E-state index contributed by atoms with van der Waals surface area (Å²) in [6.07, 6.45) is 0.299. The number of methoxy groups -OCH3 is 1. The van der Waals surface area contributed by atoms with E-state index >= 15 is 0 Å². The van der Waals surface area contributed by atoms with Crippen LogP contribution in [-0.4, -0.2) is 23.3 Å². The largest absolute Gasteiger partial charge is 0.504 e. The number of aliphatic carboxylic acids is 1. The van der Waals surface area contributed by atoms with Crippen LogP contribution in [0.5, 0.6) is 11.5 Å². The Labute approximate surface area is 102 Å². The Morgan fingerprint density at radius 3 is 2.69 bits per heavy atom. The number of rotatable bonds is 4. The lowest BCUT2D eigenvalue weighted by Gasteiger charge is -2.14. The SMILES string of the molecule is COc1c(O)ccc(Br)c1CC(C)C(=O)O. The molecule has 0 saturated carbocycles. The fourth-order valence-electron chi connectivity index (χ4n) is 1.40. The Balaban J connectivity index is 3.11. The van der Waals surface area contributed by atoms with Crippen molar-refractivity contribution in [1.29, 1.82) is 0 Å². The third-order valence-electron chi connectivity index (χ3n) is 2.32. The highest BCUT2D eigenvalue weighted by atomic mass is 79.9. The van der Waals surface area contributed by atoms with E-state index in [2.05, 4.69) is 15.9 Å². The van der Waals surface area contributed by atoms with Gasteiger partial charge in [-0.3, -0.25) is 4.79 Å². The van der Waals surface area contributed by atoms with Gasteiger partial charge in [0.25, 0.3) is 0 Å². The van der Waals surface area contributed by atoms with Crippen molar-refractivity contribution in [2.24, 2.45) is 5.92 Å². The Bertz CT molecular complexity index is 403. The zero-order chi connectivity index (χ0) is 12.3. The van der Waals surface area contributed by atoms with Gasteiger partial charge in [-0.25, -0.2) is 0 Å². The van der Waals surface area contributed by atoms with Gasteiger partial charge in [-0.05, 0) is 18.6 Å². The number of benzene rings is 1. The molecule has 0 heterocycles. The smallest absolute Gasteiger partial charge is 0.306 e. The minimum absolute atomic E-state index is 0.0123. The van der Waals surface area contributed by atoms with Gasteiger partial charge in [0, 0.05) is 10.0 Å². The van der Waals surface area contributed by atoms with Crippen LogP contribution in [0.25, 0.3) is 0 Å². The maximum atomic E-state index is 10.8. The molecule has 5 heteroatoms. The molecule has 0 fully saturated rings. The molecular formula is C11H13BrO4. The van der Waals surface area contributed by atoms with E-state index in [0.717, 1.165) is 4.47 Å². The van der Waals surface area contributed by atoms with Crippen molar-refractivity contribution >= 4 is 21.9 Å². The molecule has 0 aliphatic heterocycles. The van der Waals surface area contributed by atoms with Gasteiger partial charge in [0.2, 0.25) is 0 Å². The highest BCUT2D eigenvalue weighted by Gasteiger charge is 2.18. The Morgan fingerprint density at radius 1 is 1.56 bits per heavy atom. The van der Waals surface area contributed by atoms with Gasteiger partial charge in [0.05, 0.1) is 13.0 Å². The van der Waals surface area contributed by atoms with E-state index in [4.69, 9.17) is 9.84 Å². The zero-order valence-electron chi connectivity index (χ0n) is 9.03. The van der Waals surface area contributed by atoms with E-state index in [1.165, 1.54) is 13.2 Å². The molecule has 0 aromatic heterocycles. The predicted octanol–water partition coefficient (Wildman–Crippen LogP) is 2.43. The van der Waals surface area contributed by atoms with Crippen molar-refractivity contribution in [2.75, 3.05) is 7.11 Å². The summed E-state index contributed by atoms with van der Waals surface area (Å²) in [4.78, 5) is 10.8. The second kappa shape index (κ2) is 5.21. The van der Waals surface area contributed by atoms with Crippen molar-refractivity contribution in [3.8, 4) is 11.5 Å². The summed E-state index contributed by atoms with van der Waals surface area (Å²) >= 11 is 3.32. The van der Waals surface area contributed by atoms with Crippen LogP contribution in [0.2, 0.25) is 0 Å². The highest BCUT2D eigenvalue weighted by molar-refractivity contribution is 9.10. The maximum Gasteiger partial charge on any atom is 0.306 e. The molecule has 0 aliphatic carbocycles. The van der Waals surface area contributed by atoms with Gasteiger partial charge >= 0.3 is 5.97 Å². The molecule has 16 heavy (non-hydrogen) atoms. The minimum Gasteiger partial charge on any atom is -0.504 e. The summed E-state index contributed by atoms with van der Waals surface area (Å²) in [6.45, 7) is 1.61. The summed E-state index contributed by atoms with van der Waals surface area (Å²) < 4.78 is 5.80. The van der Waals surface area contributed by atoms with Gasteiger partial charge in [-0.1, -0.05) is 22.9 Å². The van der Waals surface area contributed by atoms with Crippen molar-refractivity contribution in [1.82, 2.24) is 0 Å². The predicted molar refractivity (Wildman–Crippen MR) is 62.9 cm³/mol. The van der Waals surface area contributed by atoms with Crippen LogP contribution in [0.1, 0.15) is 12.5 Å². The Hall–Kier alpha value is -1.23. The van der Waals surface area contributed by atoms with Crippen LogP contribution in [0.4, 0.5) is 0 Å². The number of hydrogen-bond donors (Lipinski definition) is 2. The monoisotopic (exact) mass is 288 g/mol. The summed E-state index contributed by atoms with van der Waals surface area (Å²) in [5.41, 5.74) is 0.664. The van der Waals surface area contributed by atoms with Crippen LogP contribution in [0.15, 0.2) is 16.6 Å². The molecule has 0 radical (unpaired) electrons. The molecule has 0 bridgehead atoms. The van der Waals surface area contributed by atoms with E-state index in [-0.39, 0.29) is 5.75 Å². The van der Waals surface area contributed by atoms with Crippen molar-refractivity contribution < 1.29 is 19.7 Å². The quantitative estimate of drug-likeness (QED) is 0.893. The first-order valence-electron chi connectivity index (χ1n) is 4.74. The Kier molecular flexibility index (Phi) is 4.18. The van der Waals surface area contributed by atoms with Gasteiger partial charge in [0.1, 0.15) is 0 Å². The van der Waals surface area contributed by atoms with Gasteiger partial charge in [0.15, 0.2) is 11.5 Å². The molecule has 1 rings (SSSR count). The van der Waals surface area contributed by atoms with E-state index < -0.39 is 11.9 Å². The number of carboxylic acid groups (broad SMARTS) is 1. The van der Waals surface area contributed by atoms with E-state index in [9.17, 15) is 9.90 Å². The number of carboxylic acids is 1. The normalized spacial score (nSPS) is 12.2. The first-order valence-corrected chi connectivity index (χ1v) is 5.53. The molecule has 1 atom stereocenters. The molecule has 1 aromatic carbocycles. The average molecular weight is 289 g/mol. The number of carbonyl (C=O) groups is 1. The lowest BCUT2D eigenvalue weighted by Crippen LogP contribution is -2.13. The first kappa shape index (κ1) is 12.8. The summed E-state index contributed by atoms with van der Waals surface area (Å²) in [5.74, 6) is -1.08. The van der Waals surface area contributed by atoms with Crippen LogP contribution >= 0.6 is 15.9 Å². The van der Waals surface area contributed by atoms with Crippen LogP contribution in [0, 0.1) is 5.92 Å². The molecular weight excluding hydrogens is 276 g/mol. The number of aromatic hydroxyl groups is 1. The fraction of sp³-hybridized carbons (Fsp3) is 0.364. The zero-order valence-corrected chi connectivity index (χ0v) is 10.6. The number of halogens is 1. The average Bonchev–Trinajstić information content (AvgIpc) is 2.23. The second-order valence-electron chi connectivity index (χ2n) is 3.52. The summed E-state index contributed by atoms with van der Waals surface area (Å²) in [6, 6.07) is 3.17. The molecule has 2 N–H and O–H groups in total. The van der Waals surface area contributed by atoms with E-state index in [1.807, 2.05) is 0 Å². The molecule has 0 spiro atoms. The first-order chi connectivity index (χ1) is 7.47. The van der Waals surface area contributed by atoms with Crippen LogP contribution in [-0.2, 0) is 11.2 Å². The molecule has 1 aromatic rings. The van der Waals surface area contributed by atoms with Crippen molar-refractivity contribution in [3.05, 3.63) is 22.2 Å². The molecule has 0 amide bonds. The third kappa shape index (κ3) is 2.66. The third-order valence-corrected chi connectivity index (χ3v) is 3.06. The fourth-order valence-corrected chi connectivity index (χ4v) is 1.88. The van der Waals surface area contributed by atoms with E-state index in [1.54, 1.807) is 13.0 Å². The lowest BCUT2D eigenvalue weighted by atomic mass is 10.0. The molecule has 0 aliphatic rings. The highest BCUT2D eigenvalue weighted by Crippen LogP contribution is 2.36. The number of hydrogen-bond acceptors (Lipinski definition) is 3. The topological polar surface area (TPSA) is 66.8 Å². The summed E-state index contributed by atoms with van der Waals surface area (Å²) in [7, 11) is 1.44. The maximum absolute atomic E-state index is 10.8. The van der Waals surface area contributed by atoms with Crippen molar-refractivity contribution in [3.63, 3.8) is 0 Å². The Morgan fingerprint density at radius 2 is 2.19 bits per heavy atom. The van der Waals surface area contributed by atoms with Gasteiger partial charge in [-0.15, -0.1) is 0 Å².